The molecule has 3 aliphatic rings. The van der Waals surface area contributed by atoms with E-state index in [0.29, 0.717) is 24.6 Å². The zero-order valence-corrected chi connectivity index (χ0v) is 16.4. The summed E-state index contributed by atoms with van der Waals surface area (Å²) in [4.78, 5) is 40.7. The number of rotatable bonds is 6. The van der Waals surface area contributed by atoms with Crippen LogP contribution in [0.2, 0.25) is 0 Å². The molecule has 0 spiro atoms. The molecule has 2 N–H and O–H groups in total. The van der Waals surface area contributed by atoms with Crippen LogP contribution in [0.1, 0.15) is 54.1 Å². The Balaban J connectivity index is 1.49. The van der Waals surface area contributed by atoms with E-state index < -0.39 is 6.04 Å². The molecule has 0 radical (unpaired) electrons. The second-order valence-corrected chi connectivity index (χ2v) is 8.01. The molecule has 3 amide bonds. The van der Waals surface area contributed by atoms with Crippen molar-refractivity contribution < 1.29 is 14.4 Å². The monoisotopic (exact) mass is 384 g/mol. The van der Waals surface area contributed by atoms with Crippen LogP contribution in [0.3, 0.4) is 0 Å². The number of nitrogens with one attached hydrogen (secondary N) is 2. The van der Waals surface area contributed by atoms with Gasteiger partial charge >= 0.3 is 0 Å². The number of carbonyl (C=O) groups is 3. The van der Waals surface area contributed by atoms with Gasteiger partial charge < -0.3 is 10.2 Å². The Morgan fingerprint density at radius 1 is 1.21 bits per heavy atom. The summed E-state index contributed by atoms with van der Waals surface area (Å²) in [6, 6.07) is 6.11. The lowest BCUT2D eigenvalue weighted by atomic mass is 10.0. The van der Waals surface area contributed by atoms with Gasteiger partial charge in [0.25, 0.3) is 5.91 Å². The SMILES string of the molecule is CCCN(Cc1ccc2c(c1)C(=O)N(C1CCC(=O)NC1=O)C2)C1CCNC1. The average molecular weight is 384 g/mol. The fourth-order valence-electron chi connectivity index (χ4n) is 4.56. The predicted octanol–water partition coefficient (Wildman–Crippen LogP) is 1.02. The molecule has 28 heavy (non-hydrogen) atoms. The highest BCUT2D eigenvalue weighted by atomic mass is 16.2. The Kier molecular flexibility index (Phi) is 5.46. The summed E-state index contributed by atoms with van der Waals surface area (Å²) in [6.07, 6.45) is 2.94. The van der Waals surface area contributed by atoms with Gasteiger partial charge in [-0.1, -0.05) is 19.1 Å². The van der Waals surface area contributed by atoms with Crippen molar-refractivity contribution in [2.45, 2.75) is 57.8 Å². The molecule has 2 fully saturated rings. The molecule has 2 saturated heterocycles. The molecular weight excluding hydrogens is 356 g/mol. The summed E-state index contributed by atoms with van der Waals surface area (Å²) in [5.74, 6) is -0.721. The van der Waals surface area contributed by atoms with Gasteiger partial charge in [0.2, 0.25) is 11.8 Å². The summed E-state index contributed by atoms with van der Waals surface area (Å²) >= 11 is 0. The van der Waals surface area contributed by atoms with Gasteiger partial charge in [0, 0.05) is 37.7 Å². The van der Waals surface area contributed by atoms with Gasteiger partial charge in [-0.05, 0) is 49.5 Å². The first kappa shape index (κ1) is 19.1. The lowest BCUT2D eigenvalue weighted by molar-refractivity contribution is -0.136. The number of benzene rings is 1. The summed E-state index contributed by atoms with van der Waals surface area (Å²) in [5.41, 5.74) is 2.80. The minimum Gasteiger partial charge on any atom is -0.322 e. The van der Waals surface area contributed by atoms with Crippen LogP contribution >= 0.6 is 0 Å². The first-order valence-corrected chi connectivity index (χ1v) is 10.3. The second-order valence-electron chi connectivity index (χ2n) is 8.01. The van der Waals surface area contributed by atoms with Crippen LogP contribution in [-0.2, 0) is 22.7 Å². The van der Waals surface area contributed by atoms with Gasteiger partial charge in [-0.3, -0.25) is 24.6 Å². The number of hydrogen-bond acceptors (Lipinski definition) is 5. The van der Waals surface area contributed by atoms with Crippen molar-refractivity contribution in [3.8, 4) is 0 Å². The van der Waals surface area contributed by atoms with Gasteiger partial charge in [-0.2, -0.15) is 0 Å². The van der Waals surface area contributed by atoms with E-state index >= 15 is 0 Å². The topological polar surface area (TPSA) is 81.8 Å². The zero-order valence-electron chi connectivity index (χ0n) is 16.4. The number of hydrogen-bond donors (Lipinski definition) is 2. The Hall–Kier alpha value is -2.25. The fraction of sp³-hybridized carbons (Fsp3) is 0.571. The standard InChI is InChI=1S/C21H28N4O3/c1-2-9-24(16-7-8-22-11-16)12-14-3-4-15-13-25(21(28)17(15)10-14)18-5-6-19(26)23-20(18)27/h3-4,10,16,18,22H,2,5-9,11-13H2,1H3,(H,23,26,27). The third kappa shape index (κ3) is 3.69. The maximum atomic E-state index is 13.0. The molecule has 7 heteroatoms. The smallest absolute Gasteiger partial charge is 0.255 e. The summed E-state index contributed by atoms with van der Waals surface area (Å²) in [6.45, 7) is 6.59. The van der Waals surface area contributed by atoms with Crippen LogP contribution in [0, 0.1) is 0 Å². The highest BCUT2D eigenvalue weighted by Gasteiger charge is 2.39. The Labute approximate surface area is 165 Å². The van der Waals surface area contributed by atoms with E-state index in [-0.39, 0.29) is 24.1 Å². The largest absolute Gasteiger partial charge is 0.322 e. The second kappa shape index (κ2) is 8.01. The van der Waals surface area contributed by atoms with Gasteiger partial charge in [-0.15, -0.1) is 0 Å². The molecule has 0 saturated carbocycles. The Morgan fingerprint density at radius 2 is 2.07 bits per heavy atom. The van der Waals surface area contributed by atoms with Gasteiger partial charge in [0.05, 0.1) is 0 Å². The Morgan fingerprint density at radius 3 is 2.79 bits per heavy atom. The van der Waals surface area contributed by atoms with E-state index in [4.69, 9.17) is 0 Å². The molecule has 7 nitrogen and oxygen atoms in total. The normalized spacial score (nSPS) is 24.8. The third-order valence-electron chi connectivity index (χ3n) is 6.04. The van der Waals surface area contributed by atoms with Gasteiger partial charge in [0.1, 0.15) is 6.04 Å². The van der Waals surface area contributed by atoms with E-state index in [0.717, 1.165) is 50.1 Å². The third-order valence-corrected chi connectivity index (χ3v) is 6.04. The molecule has 4 rings (SSSR count). The number of imide groups is 1. The maximum absolute atomic E-state index is 13.0. The van der Waals surface area contributed by atoms with E-state index in [9.17, 15) is 14.4 Å². The van der Waals surface area contributed by atoms with Crippen molar-refractivity contribution in [1.82, 2.24) is 20.4 Å². The molecule has 0 bridgehead atoms. The van der Waals surface area contributed by atoms with Crippen molar-refractivity contribution >= 4 is 17.7 Å². The molecule has 3 aliphatic heterocycles. The number of piperidine rings is 1. The maximum Gasteiger partial charge on any atom is 0.255 e. The first-order chi connectivity index (χ1) is 13.6. The fourth-order valence-corrected chi connectivity index (χ4v) is 4.56. The first-order valence-electron chi connectivity index (χ1n) is 10.3. The van der Waals surface area contributed by atoms with Gasteiger partial charge in [-0.25, -0.2) is 0 Å². The zero-order chi connectivity index (χ0) is 19.7. The predicted molar refractivity (Wildman–Crippen MR) is 104 cm³/mol. The number of carbonyl (C=O) groups excluding carboxylic acids is 3. The van der Waals surface area contributed by atoms with Crippen molar-refractivity contribution in [1.29, 1.82) is 0 Å². The van der Waals surface area contributed by atoms with E-state index in [2.05, 4.69) is 28.5 Å². The van der Waals surface area contributed by atoms with Crippen LogP contribution in [0.5, 0.6) is 0 Å². The minimum absolute atomic E-state index is 0.101. The number of fused-ring (bicyclic) bond motifs is 1. The lowest BCUT2D eigenvalue weighted by Crippen LogP contribution is -2.52. The van der Waals surface area contributed by atoms with Gasteiger partial charge in [0.15, 0.2) is 0 Å². The van der Waals surface area contributed by atoms with Crippen LogP contribution in [0.4, 0.5) is 0 Å². The molecule has 0 aliphatic carbocycles. The molecule has 2 atom stereocenters. The average Bonchev–Trinajstić information content (AvgIpc) is 3.31. The molecule has 3 heterocycles. The lowest BCUT2D eigenvalue weighted by Gasteiger charge is -2.29. The molecule has 1 aromatic carbocycles. The number of nitrogens with zero attached hydrogens (tertiary/aromatic N) is 2. The van der Waals surface area contributed by atoms with Crippen LogP contribution < -0.4 is 10.6 Å². The van der Waals surface area contributed by atoms with Crippen LogP contribution in [0.15, 0.2) is 18.2 Å². The van der Waals surface area contributed by atoms with E-state index in [1.807, 2.05) is 12.1 Å². The number of amides is 3. The highest BCUT2D eigenvalue weighted by molar-refractivity contribution is 6.05. The summed E-state index contributed by atoms with van der Waals surface area (Å²) in [5, 5.41) is 5.78. The van der Waals surface area contributed by atoms with Crippen LogP contribution in [-0.4, -0.2) is 59.2 Å². The van der Waals surface area contributed by atoms with E-state index in [1.54, 1.807) is 4.90 Å². The van der Waals surface area contributed by atoms with E-state index in [1.165, 1.54) is 0 Å². The van der Waals surface area contributed by atoms with Crippen LogP contribution in [0.25, 0.3) is 0 Å². The summed E-state index contributed by atoms with van der Waals surface area (Å²) < 4.78 is 0. The minimum atomic E-state index is -0.554. The van der Waals surface area contributed by atoms with Crippen molar-refractivity contribution in [2.75, 3.05) is 19.6 Å². The Bertz CT molecular complexity index is 788. The molecular formula is C21H28N4O3. The molecule has 1 aromatic rings. The molecule has 2 unspecified atom stereocenters. The highest BCUT2D eigenvalue weighted by Crippen LogP contribution is 2.28. The quantitative estimate of drug-likeness (QED) is 0.716. The molecule has 150 valence electrons. The van der Waals surface area contributed by atoms with Crippen molar-refractivity contribution in [3.63, 3.8) is 0 Å². The van der Waals surface area contributed by atoms with Crippen molar-refractivity contribution in [3.05, 3.63) is 34.9 Å². The van der Waals surface area contributed by atoms with Crippen molar-refractivity contribution in [2.24, 2.45) is 0 Å². The molecule has 0 aromatic heterocycles. The summed E-state index contributed by atoms with van der Waals surface area (Å²) in [7, 11) is 0.